The summed E-state index contributed by atoms with van der Waals surface area (Å²) in [4.78, 5) is 1.00. The summed E-state index contributed by atoms with van der Waals surface area (Å²) in [6.45, 7) is 3.16. The molecule has 0 aliphatic heterocycles. The predicted octanol–water partition coefficient (Wildman–Crippen LogP) is 5.22. The van der Waals surface area contributed by atoms with Gasteiger partial charge in [-0.3, -0.25) is 0 Å². The summed E-state index contributed by atoms with van der Waals surface area (Å²) in [5.74, 6) is 0.693. The molecule has 3 heteroatoms. The van der Waals surface area contributed by atoms with Gasteiger partial charge in [-0.15, -0.1) is 11.3 Å². The zero-order chi connectivity index (χ0) is 14.7. The number of nitrogens with one attached hydrogen (secondary N) is 1. The van der Waals surface area contributed by atoms with E-state index in [1.165, 1.54) is 25.7 Å². The second-order valence-corrected chi connectivity index (χ2v) is 7.09. The summed E-state index contributed by atoms with van der Waals surface area (Å²) < 4.78 is 14.0. The van der Waals surface area contributed by atoms with E-state index in [4.69, 9.17) is 0 Å². The fraction of sp³-hybridized carbons (Fsp3) is 0.444. The predicted molar refractivity (Wildman–Crippen MR) is 88.0 cm³/mol. The Bertz CT molecular complexity index is 579. The third-order valence-corrected chi connectivity index (χ3v) is 5.25. The molecule has 0 amide bonds. The van der Waals surface area contributed by atoms with Crippen molar-refractivity contribution in [3.8, 4) is 10.4 Å². The zero-order valence-corrected chi connectivity index (χ0v) is 13.3. The lowest BCUT2D eigenvalue weighted by atomic mass is 9.87. The largest absolute Gasteiger partial charge is 0.310 e. The highest BCUT2D eigenvalue weighted by molar-refractivity contribution is 7.13. The van der Waals surface area contributed by atoms with Crippen molar-refractivity contribution < 1.29 is 4.39 Å². The third-order valence-electron chi connectivity index (χ3n) is 4.35. The molecular weight excluding hydrogens is 281 g/mol. The standard InChI is InChI=1S/C18H22FNS/c1-13-4-2-5-15(10-13)20-12-14-7-8-17(19)16(11-14)18-6-3-9-21-18/h3,6-9,11,13,15,20H,2,4-5,10,12H2,1H3. The Morgan fingerprint density at radius 1 is 1.29 bits per heavy atom. The van der Waals surface area contributed by atoms with E-state index in [1.54, 1.807) is 17.4 Å². The number of hydrogen-bond donors (Lipinski definition) is 1. The van der Waals surface area contributed by atoms with Crippen molar-refractivity contribution in [2.24, 2.45) is 5.92 Å². The number of thiophene rings is 1. The Hall–Kier alpha value is -1.19. The second kappa shape index (κ2) is 6.71. The van der Waals surface area contributed by atoms with Gasteiger partial charge in [-0.1, -0.05) is 31.9 Å². The monoisotopic (exact) mass is 303 g/mol. The van der Waals surface area contributed by atoms with Gasteiger partial charge in [0.2, 0.25) is 0 Å². The van der Waals surface area contributed by atoms with E-state index in [1.807, 2.05) is 29.6 Å². The Morgan fingerprint density at radius 3 is 2.95 bits per heavy atom. The SMILES string of the molecule is CC1CCCC(NCc2ccc(F)c(-c3cccs3)c2)C1. The average molecular weight is 303 g/mol. The molecule has 0 bridgehead atoms. The van der Waals surface area contributed by atoms with E-state index < -0.39 is 0 Å². The molecule has 2 aromatic rings. The van der Waals surface area contributed by atoms with Gasteiger partial charge in [0.05, 0.1) is 0 Å². The van der Waals surface area contributed by atoms with Crippen molar-refractivity contribution in [1.82, 2.24) is 5.32 Å². The lowest BCUT2D eigenvalue weighted by Gasteiger charge is -2.27. The second-order valence-electron chi connectivity index (χ2n) is 6.14. The van der Waals surface area contributed by atoms with E-state index in [0.717, 1.165) is 28.5 Å². The summed E-state index contributed by atoms with van der Waals surface area (Å²) in [5.41, 5.74) is 1.89. The number of rotatable bonds is 4. The maximum atomic E-state index is 14.0. The smallest absolute Gasteiger partial charge is 0.131 e. The van der Waals surface area contributed by atoms with Gasteiger partial charge in [-0.05, 0) is 47.9 Å². The summed E-state index contributed by atoms with van der Waals surface area (Å²) >= 11 is 1.58. The Kier molecular flexibility index (Phi) is 4.71. The molecule has 0 radical (unpaired) electrons. The van der Waals surface area contributed by atoms with Crippen LogP contribution in [-0.4, -0.2) is 6.04 Å². The molecular formula is C18H22FNS. The van der Waals surface area contributed by atoms with Gasteiger partial charge < -0.3 is 5.32 Å². The molecule has 1 fully saturated rings. The highest BCUT2D eigenvalue weighted by atomic mass is 32.1. The van der Waals surface area contributed by atoms with Crippen molar-refractivity contribution in [1.29, 1.82) is 0 Å². The van der Waals surface area contributed by atoms with Crippen LogP contribution in [0.4, 0.5) is 4.39 Å². The van der Waals surface area contributed by atoms with Crippen molar-refractivity contribution in [2.75, 3.05) is 0 Å². The van der Waals surface area contributed by atoms with E-state index in [9.17, 15) is 4.39 Å². The minimum absolute atomic E-state index is 0.132. The van der Waals surface area contributed by atoms with Crippen LogP contribution in [0.2, 0.25) is 0 Å². The lowest BCUT2D eigenvalue weighted by molar-refractivity contribution is 0.300. The van der Waals surface area contributed by atoms with Crippen LogP contribution in [0.3, 0.4) is 0 Å². The van der Waals surface area contributed by atoms with E-state index in [-0.39, 0.29) is 5.82 Å². The van der Waals surface area contributed by atoms with Gasteiger partial charge in [0.1, 0.15) is 5.82 Å². The van der Waals surface area contributed by atoms with Gasteiger partial charge in [-0.25, -0.2) is 4.39 Å². The van der Waals surface area contributed by atoms with Crippen LogP contribution in [0.5, 0.6) is 0 Å². The minimum atomic E-state index is -0.132. The van der Waals surface area contributed by atoms with Crippen LogP contribution >= 0.6 is 11.3 Å². The normalized spacial score (nSPS) is 22.4. The maximum Gasteiger partial charge on any atom is 0.131 e. The highest BCUT2D eigenvalue weighted by Gasteiger charge is 2.18. The first-order valence-electron chi connectivity index (χ1n) is 7.78. The molecule has 1 heterocycles. The van der Waals surface area contributed by atoms with Crippen LogP contribution in [0.1, 0.15) is 38.2 Å². The molecule has 112 valence electrons. The summed E-state index contributed by atoms with van der Waals surface area (Å²) in [6, 6.07) is 10.0. The van der Waals surface area contributed by atoms with Crippen molar-refractivity contribution in [2.45, 2.75) is 45.2 Å². The number of halogens is 1. The Labute approximate surface area is 130 Å². The quantitative estimate of drug-likeness (QED) is 0.816. The summed E-state index contributed by atoms with van der Waals surface area (Å²) in [6.07, 6.45) is 5.21. The number of benzene rings is 1. The first kappa shape index (κ1) is 14.7. The molecule has 2 atom stereocenters. The molecule has 0 saturated heterocycles. The molecule has 1 aliphatic rings. The van der Waals surface area contributed by atoms with Crippen LogP contribution in [0.25, 0.3) is 10.4 Å². The van der Waals surface area contributed by atoms with Crippen molar-refractivity contribution in [3.05, 3.63) is 47.1 Å². The molecule has 21 heavy (non-hydrogen) atoms. The fourth-order valence-electron chi connectivity index (χ4n) is 3.18. The zero-order valence-electron chi connectivity index (χ0n) is 12.4. The van der Waals surface area contributed by atoms with Crippen LogP contribution in [-0.2, 0) is 6.54 Å². The maximum absolute atomic E-state index is 14.0. The van der Waals surface area contributed by atoms with Gasteiger partial charge in [-0.2, -0.15) is 0 Å². The third kappa shape index (κ3) is 3.72. The fourth-order valence-corrected chi connectivity index (χ4v) is 3.93. The number of hydrogen-bond acceptors (Lipinski definition) is 2. The molecule has 3 rings (SSSR count). The Balaban J connectivity index is 1.67. The summed E-state index contributed by atoms with van der Waals surface area (Å²) in [5, 5.41) is 5.63. The molecule has 1 aliphatic carbocycles. The van der Waals surface area contributed by atoms with Gasteiger partial charge in [0, 0.05) is 23.0 Å². The highest BCUT2D eigenvalue weighted by Crippen LogP contribution is 2.28. The van der Waals surface area contributed by atoms with E-state index >= 15 is 0 Å². The molecule has 2 unspecified atom stereocenters. The van der Waals surface area contributed by atoms with Gasteiger partial charge >= 0.3 is 0 Å². The lowest BCUT2D eigenvalue weighted by Crippen LogP contribution is -2.33. The first-order valence-corrected chi connectivity index (χ1v) is 8.66. The van der Waals surface area contributed by atoms with Gasteiger partial charge in [0.25, 0.3) is 0 Å². The average Bonchev–Trinajstić information content (AvgIpc) is 3.00. The molecule has 1 aromatic heterocycles. The topological polar surface area (TPSA) is 12.0 Å². The van der Waals surface area contributed by atoms with Crippen LogP contribution in [0, 0.1) is 11.7 Å². The van der Waals surface area contributed by atoms with Crippen molar-refractivity contribution in [3.63, 3.8) is 0 Å². The molecule has 1 nitrogen and oxygen atoms in total. The van der Waals surface area contributed by atoms with E-state index in [2.05, 4.69) is 12.2 Å². The van der Waals surface area contributed by atoms with Crippen LogP contribution in [0.15, 0.2) is 35.7 Å². The summed E-state index contributed by atoms with van der Waals surface area (Å²) in [7, 11) is 0. The molecule has 1 aromatic carbocycles. The molecule has 1 N–H and O–H groups in total. The van der Waals surface area contributed by atoms with Crippen molar-refractivity contribution >= 4 is 11.3 Å². The minimum Gasteiger partial charge on any atom is -0.310 e. The molecule has 0 spiro atoms. The van der Waals surface area contributed by atoms with Crippen LogP contribution < -0.4 is 5.32 Å². The van der Waals surface area contributed by atoms with Gasteiger partial charge in [0.15, 0.2) is 0 Å². The Morgan fingerprint density at radius 2 is 2.19 bits per heavy atom. The molecule has 1 saturated carbocycles. The first-order chi connectivity index (χ1) is 10.2. The van der Waals surface area contributed by atoms with E-state index in [0.29, 0.717) is 6.04 Å².